The summed E-state index contributed by atoms with van der Waals surface area (Å²) in [6.07, 6.45) is -0.798. The average molecular weight is 290 g/mol. The second-order valence-electron chi connectivity index (χ2n) is 5.80. The first-order chi connectivity index (χ1) is 8.89. The van der Waals surface area contributed by atoms with Gasteiger partial charge < -0.3 is 25.6 Å². The van der Waals surface area contributed by atoms with E-state index in [0.29, 0.717) is 0 Å². The van der Waals surface area contributed by atoms with E-state index in [9.17, 15) is 14.4 Å². The number of hydrogen-bond acceptors (Lipinski definition) is 5. The van der Waals surface area contributed by atoms with Crippen LogP contribution < -0.4 is 10.6 Å². The molecule has 0 heterocycles. The van der Waals surface area contributed by atoms with E-state index >= 15 is 0 Å². The predicted molar refractivity (Wildman–Crippen MR) is 70.1 cm³/mol. The molecule has 0 aromatic carbocycles. The first-order valence-corrected chi connectivity index (χ1v) is 6.05. The molecule has 4 N–H and O–H groups in total. The number of ether oxygens (including phenoxy) is 1. The van der Waals surface area contributed by atoms with Gasteiger partial charge in [-0.2, -0.15) is 0 Å². The Morgan fingerprint density at radius 2 is 1.65 bits per heavy atom. The van der Waals surface area contributed by atoms with E-state index in [4.69, 9.17) is 14.9 Å². The number of amides is 2. The Labute approximate surface area is 117 Å². The van der Waals surface area contributed by atoms with Crippen LogP contribution in [0.5, 0.6) is 0 Å². The molecular formula is C12H22N2O6. The lowest BCUT2D eigenvalue weighted by Crippen LogP contribution is -2.59. The molecule has 0 saturated carbocycles. The Kier molecular flexibility index (Phi) is 5.96. The van der Waals surface area contributed by atoms with Crippen LogP contribution in [0, 0.1) is 0 Å². The summed E-state index contributed by atoms with van der Waals surface area (Å²) in [5.41, 5.74) is -2.10. The van der Waals surface area contributed by atoms with E-state index < -0.39 is 41.8 Å². The van der Waals surface area contributed by atoms with Crippen LogP contribution in [0.1, 0.15) is 34.6 Å². The van der Waals surface area contributed by atoms with Crippen molar-refractivity contribution in [3.8, 4) is 0 Å². The molecule has 2 amide bonds. The smallest absolute Gasteiger partial charge is 0.408 e. The van der Waals surface area contributed by atoms with Crippen LogP contribution in [0.15, 0.2) is 0 Å². The summed E-state index contributed by atoms with van der Waals surface area (Å²) in [5, 5.41) is 22.0. The summed E-state index contributed by atoms with van der Waals surface area (Å²) < 4.78 is 5.01. The SMILES string of the molecule is CC(C)(C)OC(=O)NC(C)(C)C(=O)N[C@@H](CO)C(=O)O. The maximum absolute atomic E-state index is 11.9. The first kappa shape index (κ1) is 18.2. The highest BCUT2D eigenvalue weighted by Crippen LogP contribution is 2.09. The Balaban J connectivity index is 4.67. The van der Waals surface area contributed by atoms with E-state index in [2.05, 4.69) is 10.6 Å². The van der Waals surface area contributed by atoms with E-state index in [-0.39, 0.29) is 0 Å². The molecule has 1 atom stereocenters. The Morgan fingerprint density at radius 1 is 1.15 bits per heavy atom. The number of alkyl carbamates (subject to hydrolysis) is 1. The van der Waals surface area contributed by atoms with Crippen LogP contribution in [0.25, 0.3) is 0 Å². The Bertz CT molecular complexity index is 386. The van der Waals surface area contributed by atoms with Crippen molar-refractivity contribution in [1.29, 1.82) is 0 Å². The third kappa shape index (κ3) is 6.37. The minimum absolute atomic E-state index is 0.717. The van der Waals surface area contributed by atoms with Crippen LogP contribution in [0.2, 0.25) is 0 Å². The molecule has 0 fully saturated rings. The lowest BCUT2D eigenvalue weighted by atomic mass is 10.0. The zero-order valence-electron chi connectivity index (χ0n) is 12.3. The average Bonchev–Trinajstić information content (AvgIpc) is 2.20. The van der Waals surface area contributed by atoms with Crippen molar-refractivity contribution in [3.63, 3.8) is 0 Å². The number of aliphatic carboxylic acids is 1. The Hall–Kier alpha value is -1.83. The van der Waals surface area contributed by atoms with Gasteiger partial charge in [0.15, 0.2) is 0 Å². The highest BCUT2D eigenvalue weighted by Gasteiger charge is 2.34. The predicted octanol–water partition coefficient (Wildman–Crippen LogP) is -0.149. The van der Waals surface area contributed by atoms with Crippen molar-refractivity contribution in [2.24, 2.45) is 0 Å². The molecule has 20 heavy (non-hydrogen) atoms. The number of hydrogen-bond donors (Lipinski definition) is 4. The van der Waals surface area contributed by atoms with Crippen LogP contribution in [-0.2, 0) is 14.3 Å². The van der Waals surface area contributed by atoms with Crippen LogP contribution in [-0.4, -0.2) is 52.0 Å². The fraction of sp³-hybridized carbons (Fsp3) is 0.750. The molecule has 0 rings (SSSR count). The monoisotopic (exact) mass is 290 g/mol. The van der Waals surface area contributed by atoms with Crippen molar-refractivity contribution in [3.05, 3.63) is 0 Å². The molecule has 0 aliphatic rings. The quantitative estimate of drug-likeness (QED) is 0.558. The second kappa shape index (κ2) is 6.56. The fourth-order valence-electron chi connectivity index (χ4n) is 1.14. The minimum atomic E-state index is -1.43. The first-order valence-electron chi connectivity index (χ1n) is 6.05. The number of aliphatic hydroxyl groups is 1. The van der Waals surface area contributed by atoms with Crippen LogP contribution in [0.3, 0.4) is 0 Å². The number of rotatable bonds is 5. The molecule has 8 nitrogen and oxygen atoms in total. The molecule has 0 spiro atoms. The minimum Gasteiger partial charge on any atom is -0.480 e. The molecular weight excluding hydrogens is 268 g/mol. The molecule has 0 saturated heterocycles. The Morgan fingerprint density at radius 3 is 2.00 bits per heavy atom. The van der Waals surface area contributed by atoms with Crippen molar-refractivity contribution in [2.45, 2.75) is 51.8 Å². The summed E-state index contributed by atoms with van der Waals surface area (Å²) in [4.78, 5) is 34.2. The number of carboxylic acid groups (broad SMARTS) is 1. The van der Waals surface area contributed by atoms with Crippen LogP contribution >= 0.6 is 0 Å². The molecule has 0 aromatic rings. The fourth-order valence-corrected chi connectivity index (χ4v) is 1.14. The lowest BCUT2D eigenvalue weighted by Gasteiger charge is -2.28. The lowest BCUT2D eigenvalue weighted by molar-refractivity contribution is -0.143. The largest absolute Gasteiger partial charge is 0.480 e. The number of carbonyl (C=O) groups is 3. The van der Waals surface area contributed by atoms with Crippen molar-refractivity contribution < 1.29 is 29.3 Å². The van der Waals surface area contributed by atoms with Gasteiger partial charge in [-0.25, -0.2) is 9.59 Å². The highest BCUT2D eigenvalue weighted by atomic mass is 16.6. The van der Waals surface area contributed by atoms with Gasteiger partial charge >= 0.3 is 12.1 Å². The maximum atomic E-state index is 11.9. The summed E-state index contributed by atoms with van der Waals surface area (Å²) in [7, 11) is 0. The maximum Gasteiger partial charge on any atom is 0.408 e. The molecule has 8 heteroatoms. The highest BCUT2D eigenvalue weighted by molar-refractivity contribution is 5.92. The third-order valence-corrected chi connectivity index (χ3v) is 2.17. The topological polar surface area (TPSA) is 125 Å². The number of nitrogens with one attached hydrogen (secondary N) is 2. The van der Waals surface area contributed by atoms with Gasteiger partial charge in [0.05, 0.1) is 6.61 Å². The molecule has 0 radical (unpaired) electrons. The standard InChI is InChI=1S/C12H22N2O6/c1-11(2,3)20-10(19)14-12(4,5)9(18)13-7(6-15)8(16)17/h7,15H,6H2,1-5H3,(H,13,18)(H,14,19)(H,16,17)/t7-/m0/s1. The summed E-state index contributed by atoms with van der Waals surface area (Å²) in [6.45, 7) is 7.05. The van der Waals surface area contributed by atoms with E-state index in [1.807, 2.05) is 0 Å². The van der Waals surface area contributed by atoms with Gasteiger partial charge in [0.25, 0.3) is 0 Å². The van der Waals surface area contributed by atoms with E-state index in [0.717, 1.165) is 0 Å². The molecule has 0 aliphatic carbocycles. The summed E-state index contributed by atoms with van der Waals surface area (Å²) >= 11 is 0. The zero-order chi connectivity index (χ0) is 16.1. The summed E-state index contributed by atoms with van der Waals surface area (Å²) in [5.74, 6) is -2.11. The van der Waals surface area contributed by atoms with E-state index in [1.165, 1.54) is 13.8 Å². The van der Waals surface area contributed by atoms with E-state index in [1.54, 1.807) is 20.8 Å². The normalized spacial score (nSPS) is 13.3. The van der Waals surface area contributed by atoms with Gasteiger partial charge in [-0.15, -0.1) is 0 Å². The second-order valence-corrected chi connectivity index (χ2v) is 5.80. The zero-order valence-corrected chi connectivity index (χ0v) is 12.3. The van der Waals surface area contributed by atoms with Crippen molar-refractivity contribution >= 4 is 18.0 Å². The van der Waals surface area contributed by atoms with Crippen molar-refractivity contribution in [2.75, 3.05) is 6.61 Å². The molecule has 116 valence electrons. The number of aliphatic hydroxyl groups excluding tert-OH is 1. The van der Waals surface area contributed by atoms with Gasteiger partial charge in [-0.3, -0.25) is 4.79 Å². The van der Waals surface area contributed by atoms with Gasteiger partial charge in [0.1, 0.15) is 17.2 Å². The number of carbonyl (C=O) groups excluding carboxylic acids is 2. The van der Waals surface area contributed by atoms with Crippen molar-refractivity contribution in [1.82, 2.24) is 10.6 Å². The van der Waals surface area contributed by atoms with Gasteiger partial charge in [-0.1, -0.05) is 0 Å². The van der Waals surface area contributed by atoms with Gasteiger partial charge in [0, 0.05) is 0 Å². The summed E-state index contributed by atoms with van der Waals surface area (Å²) in [6, 6.07) is -1.43. The third-order valence-electron chi connectivity index (χ3n) is 2.17. The molecule has 0 aromatic heterocycles. The van der Waals surface area contributed by atoms with Crippen LogP contribution in [0.4, 0.5) is 4.79 Å². The molecule has 0 aliphatic heterocycles. The van der Waals surface area contributed by atoms with Gasteiger partial charge in [0.2, 0.25) is 5.91 Å². The van der Waals surface area contributed by atoms with Gasteiger partial charge in [-0.05, 0) is 34.6 Å². The number of carboxylic acids is 1. The molecule has 0 unspecified atom stereocenters. The molecule has 0 bridgehead atoms.